The summed E-state index contributed by atoms with van der Waals surface area (Å²) in [6.07, 6.45) is 13.6. The van der Waals surface area contributed by atoms with Crippen LogP contribution < -0.4 is 9.80 Å². The molecule has 6 aliphatic rings. The van der Waals surface area contributed by atoms with Crippen LogP contribution in [0.3, 0.4) is 0 Å². The zero-order valence-electron chi connectivity index (χ0n) is 36.1. The highest BCUT2D eigenvalue weighted by atomic mass is 79.9. The number of anilines is 2. The molecule has 6 fully saturated rings. The summed E-state index contributed by atoms with van der Waals surface area (Å²) in [5, 5.41) is 8.98. The Morgan fingerprint density at radius 1 is 0.607 bits per heavy atom. The Morgan fingerprint density at radius 3 is 1.38 bits per heavy atom. The van der Waals surface area contributed by atoms with Crippen LogP contribution in [-0.2, 0) is 23.7 Å². The summed E-state index contributed by atoms with van der Waals surface area (Å²) >= 11 is 3.19. The number of ether oxygens (including phenoxy) is 5. The van der Waals surface area contributed by atoms with Crippen LogP contribution in [0.5, 0.6) is 0 Å². The van der Waals surface area contributed by atoms with Crippen molar-refractivity contribution in [3.05, 3.63) is 76.3 Å². The Morgan fingerprint density at radius 2 is 0.984 bits per heavy atom. The minimum Gasteiger partial charge on any atom is -0.478 e. The zero-order chi connectivity index (χ0) is 43.0. The number of morpholine rings is 2. The van der Waals surface area contributed by atoms with Gasteiger partial charge in [-0.05, 0) is 151 Å². The first kappa shape index (κ1) is 48.1. The van der Waals surface area contributed by atoms with E-state index in [1.807, 2.05) is 47.6 Å². The number of aromatic carboxylic acids is 1. The topological polar surface area (TPSA) is 163 Å². The van der Waals surface area contributed by atoms with E-state index in [9.17, 15) is 14.4 Å². The Bertz CT molecular complexity index is 1900. The molecule has 0 amide bonds. The van der Waals surface area contributed by atoms with Crippen molar-refractivity contribution in [2.75, 3.05) is 49.4 Å². The number of carboxylic acids is 1. The van der Waals surface area contributed by atoms with Crippen molar-refractivity contribution in [2.45, 2.75) is 122 Å². The minimum absolute atomic E-state index is 0. The average Bonchev–Trinajstić information content (AvgIpc) is 3.77. The fraction of sp³-hybridized carbons (Fsp3) is 0.600. The smallest absolute Gasteiger partial charge is 0.338 e. The van der Waals surface area contributed by atoms with Crippen LogP contribution in [0.25, 0.3) is 0 Å². The third-order valence-electron chi connectivity index (χ3n) is 11.1. The Balaban J connectivity index is 0.000000160. The van der Waals surface area contributed by atoms with Crippen LogP contribution in [0.2, 0.25) is 0 Å². The van der Waals surface area contributed by atoms with Gasteiger partial charge in [-0.3, -0.25) is 0 Å². The van der Waals surface area contributed by atoms with Crippen LogP contribution in [-0.4, -0.2) is 113 Å². The van der Waals surface area contributed by atoms with Crippen molar-refractivity contribution in [1.82, 2.24) is 15.0 Å². The highest BCUT2D eigenvalue weighted by Gasteiger charge is 2.39. The van der Waals surface area contributed by atoms with Gasteiger partial charge in [0.1, 0.15) is 27.4 Å². The molecule has 5 saturated heterocycles. The highest BCUT2D eigenvalue weighted by Crippen LogP contribution is 2.36. The first-order valence-corrected chi connectivity index (χ1v) is 21.9. The molecular weight excluding hydrogens is 870 g/mol. The third kappa shape index (κ3) is 13.8. The molecule has 0 radical (unpaired) electrons. The molecule has 16 heteroatoms. The molecule has 6 bridgehead atoms. The minimum atomic E-state index is -0.908. The maximum Gasteiger partial charge on any atom is 0.338 e. The van der Waals surface area contributed by atoms with Gasteiger partial charge in [0, 0.05) is 31.8 Å². The van der Waals surface area contributed by atoms with E-state index in [0.29, 0.717) is 45.5 Å². The van der Waals surface area contributed by atoms with Crippen molar-refractivity contribution in [2.24, 2.45) is 11.8 Å². The molecule has 8 heterocycles. The molecule has 334 valence electrons. The summed E-state index contributed by atoms with van der Waals surface area (Å²) in [5.74, 6) is 1.96. The fourth-order valence-corrected chi connectivity index (χ4v) is 8.84. The lowest BCUT2D eigenvalue weighted by Gasteiger charge is -2.35. The molecule has 0 spiro atoms. The van der Waals surface area contributed by atoms with Crippen LogP contribution in [0.4, 0.5) is 11.6 Å². The molecule has 6 unspecified atom stereocenters. The molecule has 1 saturated carbocycles. The molecule has 5 aliphatic heterocycles. The van der Waals surface area contributed by atoms with Crippen molar-refractivity contribution in [3.63, 3.8) is 0 Å². The second-order valence-corrected chi connectivity index (χ2v) is 19.0. The van der Waals surface area contributed by atoms with Crippen LogP contribution in [0, 0.1) is 11.8 Å². The standard InChI is InChI=1S/C16H22N2O3.C12H14N2O3.C10H12BrNO2.C7H12O.ClH/c1-16(2,3)21-15(19)11-6-7-17-14(8-11)18-12-4-5-13(18)10-20-9-12;15-12(16)8-3-4-13-11(5-8)14-9-1-2-10(14)7-17-6-9;1-10(2,3)14-9(13)7-4-5-12-8(11)6-7;1-2-7-3-6(1)4-8-5-7;/h6-8,12-13H,4-5,9-10H2,1-3H3;3-5,9-10H,1-2,6-7H2,(H,15,16);4-6H,1-3H3;6-7H,1-5H2;1H. The van der Waals surface area contributed by atoms with Gasteiger partial charge < -0.3 is 38.6 Å². The lowest BCUT2D eigenvalue weighted by molar-refractivity contribution is 0.00568. The van der Waals surface area contributed by atoms with E-state index in [1.54, 1.807) is 42.9 Å². The monoisotopic (exact) mass is 929 g/mol. The molecule has 3 aromatic heterocycles. The summed E-state index contributed by atoms with van der Waals surface area (Å²) < 4.78 is 27.7. The average molecular weight is 931 g/mol. The number of carbonyl (C=O) groups excluding carboxylic acids is 2. The second-order valence-electron chi connectivity index (χ2n) is 18.2. The van der Waals surface area contributed by atoms with Gasteiger partial charge in [-0.2, -0.15) is 0 Å². The number of rotatable bonds is 5. The molecule has 3 aromatic rings. The lowest BCUT2D eigenvalue weighted by Crippen LogP contribution is -2.46. The molecule has 14 nitrogen and oxygen atoms in total. The van der Waals surface area contributed by atoms with E-state index < -0.39 is 17.2 Å². The Kier molecular flexibility index (Phi) is 16.9. The number of halogens is 2. The number of carboxylic acid groups (broad SMARTS) is 1. The summed E-state index contributed by atoms with van der Waals surface area (Å²) in [6.45, 7) is 16.1. The van der Waals surface area contributed by atoms with Crippen molar-refractivity contribution < 1.29 is 43.2 Å². The van der Waals surface area contributed by atoms with Crippen molar-refractivity contribution >= 4 is 57.9 Å². The van der Waals surface area contributed by atoms with Crippen molar-refractivity contribution in [1.29, 1.82) is 0 Å². The van der Waals surface area contributed by atoms with E-state index in [4.69, 9.17) is 28.8 Å². The van der Waals surface area contributed by atoms with E-state index >= 15 is 0 Å². The SMILES string of the molecule is C1CC2COCC1C2.CC(C)(C)OC(=O)c1ccnc(Br)c1.CC(C)(C)OC(=O)c1ccnc(N2C3CCC2COC3)c1.Cl.O=C(O)c1ccnc(N2C3CCC2COC3)c1. The van der Waals surface area contributed by atoms with Crippen LogP contribution in [0.15, 0.2) is 59.6 Å². The number of nitrogens with zero attached hydrogens (tertiary/aromatic N) is 5. The van der Waals surface area contributed by atoms with Gasteiger partial charge in [0.25, 0.3) is 0 Å². The second kappa shape index (κ2) is 21.5. The first-order chi connectivity index (χ1) is 28.5. The van der Waals surface area contributed by atoms with E-state index in [-0.39, 0.29) is 24.3 Å². The fourth-order valence-electron chi connectivity index (χ4n) is 8.47. The molecule has 1 aliphatic carbocycles. The zero-order valence-corrected chi connectivity index (χ0v) is 38.5. The number of hydrogen-bond donors (Lipinski definition) is 1. The van der Waals surface area contributed by atoms with Crippen LogP contribution in [0.1, 0.15) is 118 Å². The number of esters is 2. The summed E-state index contributed by atoms with van der Waals surface area (Å²) in [6, 6.07) is 11.4. The summed E-state index contributed by atoms with van der Waals surface area (Å²) in [4.78, 5) is 51.9. The molecule has 9 rings (SSSR count). The highest BCUT2D eigenvalue weighted by molar-refractivity contribution is 9.10. The van der Waals surface area contributed by atoms with Gasteiger partial charge in [-0.1, -0.05) is 0 Å². The number of fused-ring (bicyclic) bond motifs is 6. The van der Waals surface area contributed by atoms with E-state index in [2.05, 4.69) is 40.7 Å². The molecular formula is C45H61BrClN5O9. The van der Waals surface area contributed by atoms with E-state index in [0.717, 1.165) is 88.8 Å². The predicted molar refractivity (Wildman–Crippen MR) is 237 cm³/mol. The Hall–Kier alpha value is -3.89. The molecule has 61 heavy (non-hydrogen) atoms. The molecule has 0 aromatic carbocycles. The lowest BCUT2D eigenvalue weighted by atomic mass is 10.0. The molecule has 6 atom stereocenters. The largest absolute Gasteiger partial charge is 0.478 e. The predicted octanol–water partition coefficient (Wildman–Crippen LogP) is 8.21. The Labute approximate surface area is 374 Å². The number of pyridine rings is 3. The maximum atomic E-state index is 12.2. The number of hydrogen-bond acceptors (Lipinski definition) is 13. The molecule has 1 N–H and O–H groups in total. The van der Waals surface area contributed by atoms with Gasteiger partial charge >= 0.3 is 17.9 Å². The van der Waals surface area contributed by atoms with Gasteiger partial charge in [0.05, 0.1) is 67.3 Å². The first-order valence-electron chi connectivity index (χ1n) is 21.1. The van der Waals surface area contributed by atoms with Crippen molar-refractivity contribution in [3.8, 4) is 0 Å². The van der Waals surface area contributed by atoms with Gasteiger partial charge in [-0.15, -0.1) is 12.4 Å². The van der Waals surface area contributed by atoms with Gasteiger partial charge in [0.2, 0.25) is 0 Å². The summed E-state index contributed by atoms with van der Waals surface area (Å²) in [5.41, 5.74) is 0.397. The van der Waals surface area contributed by atoms with Gasteiger partial charge in [0.15, 0.2) is 0 Å². The summed E-state index contributed by atoms with van der Waals surface area (Å²) in [7, 11) is 0. The number of carbonyl (C=O) groups is 3. The third-order valence-corrected chi connectivity index (χ3v) is 11.5. The van der Waals surface area contributed by atoms with Crippen LogP contribution >= 0.6 is 28.3 Å². The van der Waals surface area contributed by atoms with E-state index in [1.165, 1.54) is 25.3 Å². The number of aromatic nitrogens is 3. The quantitative estimate of drug-likeness (QED) is 0.192. The normalized spacial score (nSPS) is 24.6. The van der Waals surface area contributed by atoms with Gasteiger partial charge in [-0.25, -0.2) is 29.3 Å². The maximum absolute atomic E-state index is 12.2.